The van der Waals surface area contributed by atoms with Crippen LogP contribution in [-0.4, -0.2) is 5.88 Å². The molecule has 1 atom stereocenters. The molecule has 0 aliphatic carbocycles. The van der Waals surface area contributed by atoms with Gasteiger partial charge < -0.3 is 0 Å². The van der Waals surface area contributed by atoms with E-state index in [0.717, 1.165) is 11.8 Å². The molecule has 1 heteroatoms. The highest BCUT2D eigenvalue weighted by molar-refractivity contribution is 6.18. The molecule has 0 saturated carbocycles. The van der Waals surface area contributed by atoms with Crippen molar-refractivity contribution in [2.45, 2.75) is 34.1 Å². The van der Waals surface area contributed by atoms with Crippen molar-refractivity contribution in [2.75, 3.05) is 5.88 Å². The van der Waals surface area contributed by atoms with Crippen LogP contribution in [0.2, 0.25) is 0 Å². The highest BCUT2D eigenvalue weighted by atomic mass is 35.5. The third-order valence-electron chi connectivity index (χ3n) is 2.29. The fourth-order valence-corrected chi connectivity index (χ4v) is 0.948. The summed E-state index contributed by atoms with van der Waals surface area (Å²) in [6.45, 7) is 8.89. The van der Waals surface area contributed by atoms with E-state index in [4.69, 9.17) is 11.6 Å². The molecule has 56 valence electrons. The summed E-state index contributed by atoms with van der Waals surface area (Å²) >= 11 is 5.77. The van der Waals surface area contributed by atoms with Crippen LogP contribution in [0.4, 0.5) is 0 Å². The van der Waals surface area contributed by atoms with Gasteiger partial charge in [0.15, 0.2) is 0 Å². The first-order chi connectivity index (χ1) is 4.04. The van der Waals surface area contributed by atoms with E-state index in [2.05, 4.69) is 27.7 Å². The molecule has 0 amide bonds. The largest absolute Gasteiger partial charge is 0.126 e. The van der Waals surface area contributed by atoms with Crippen LogP contribution in [0.25, 0.3) is 0 Å². The Bertz CT molecular complexity index is 76.6. The first kappa shape index (κ1) is 9.29. The number of alkyl halides is 1. The molecule has 0 N–H and O–H groups in total. The lowest BCUT2D eigenvalue weighted by atomic mass is 9.80. The van der Waals surface area contributed by atoms with Gasteiger partial charge in [-0.25, -0.2) is 0 Å². The van der Waals surface area contributed by atoms with Crippen molar-refractivity contribution < 1.29 is 0 Å². The van der Waals surface area contributed by atoms with Crippen molar-refractivity contribution in [1.29, 1.82) is 0 Å². The predicted molar refractivity (Wildman–Crippen MR) is 44.0 cm³/mol. The summed E-state index contributed by atoms with van der Waals surface area (Å²) in [4.78, 5) is 0. The van der Waals surface area contributed by atoms with E-state index in [1.807, 2.05) is 0 Å². The summed E-state index contributed by atoms with van der Waals surface area (Å²) in [5, 5.41) is 0. The van der Waals surface area contributed by atoms with Crippen LogP contribution in [-0.2, 0) is 0 Å². The first-order valence-corrected chi connectivity index (χ1v) is 4.14. The molecular weight excluding hydrogens is 132 g/mol. The van der Waals surface area contributed by atoms with Crippen LogP contribution in [0, 0.1) is 11.3 Å². The summed E-state index contributed by atoms with van der Waals surface area (Å²) in [7, 11) is 0. The Morgan fingerprint density at radius 1 is 1.44 bits per heavy atom. The molecule has 0 nitrogen and oxygen atoms in total. The fourth-order valence-electron chi connectivity index (χ4n) is 0.684. The van der Waals surface area contributed by atoms with Gasteiger partial charge in [-0.2, -0.15) is 0 Å². The summed E-state index contributed by atoms with van der Waals surface area (Å²) in [6, 6.07) is 0. The van der Waals surface area contributed by atoms with Gasteiger partial charge in [0.1, 0.15) is 0 Å². The molecule has 0 radical (unpaired) electrons. The zero-order valence-electron chi connectivity index (χ0n) is 6.87. The van der Waals surface area contributed by atoms with Gasteiger partial charge in [-0.15, -0.1) is 11.6 Å². The Morgan fingerprint density at radius 2 is 1.89 bits per heavy atom. The van der Waals surface area contributed by atoms with E-state index in [1.54, 1.807) is 0 Å². The van der Waals surface area contributed by atoms with E-state index < -0.39 is 0 Å². The number of rotatable bonds is 3. The van der Waals surface area contributed by atoms with Gasteiger partial charge in [0.2, 0.25) is 0 Å². The van der Waals surface area contributed by atoms with Crippen molar-refractivity contribution in [2.24, 2.45) is 11.3 Å². The van der Waals surface area contributed by atoms with Crippen LogP contribution in [0.3, 0.4) is 0 Å². The smallest absolute Gasteiger partial charge is 0.0277 e. The molecule has 0 rings (SSSR count). The van der Waals surface area contributed by atoms with Crippen LogP contribution in [0.5, 0.6) is 0 Å². The Labute approximate surface area is 63.6 Å². The van der Waals surface area contributed by atoms with Crippen LogP contribution in [0.1, 0.15) is 34.1 Å². The lowest BCUT2D eigenvalue weighted by Gasteiger charge is -2.28. The molecular formula is C8H17Cl. The minimum Gasteiger partial charge on any atom is -0.126 e. The first-order valence-electron chi connectivity index (χ1n) is 3.60. The normalized spacial score (nSPS) is 15.7. The van der Waals surface area contributed by atoms with E-state index in [0.29, 0.717) is 5.41 Å². The third kappa shape index (κ3) is 2.57. The van der Waals surface area contributed by atoms with E-state index in [9.17, 15) is 0 Å². The maximum atomic E-state index is 5.77. The van der Waals surface area contributed by atoms with Crippen LogP contribution < -0.4 is 0 Å². The quantitative estimate of drug-likeness (QED) is 0.539. The van der Waals surface area contributed by atoms with Gasteiger partial charge in [-0.05, 0) is 11.3 Å². The summed E-state index contributed by atoms with van der Waals surface area (Å²) in [5.74, 6) is 1.50. The fraction of sp³-hybridized carbons (Fsp3) is 1.00. The SMILES string of the molecule is CCC(C)C(C)(C)CCl. The Hall–Kier alpha value is 0.290. The maximum Gasteiger partial charge on any atom is 0.0277 e. The van der Waals surface area contributed by atoms with Crippen molar-refractivity contribution in [3.05, 3.63) is 0 Å². The highest BCUT2D eigenvalue weighted by Gasteiger charge is 2.22. The summed E-state index contributed by atoms with van der Waals surface area (Å²) < 4.78 is 0. The zero-order valence-corrected chi connectivity index (χ0v) is 7.63. The second-order valence-corrected chi connectivity index (χ2v) is 3.70. The lowest BCUT2D eigenvalue weighted by molar-refractivity contribution is 0.259. The van der Waals surface area contributed by atoms with Crippen molar-refractivity contribution >= 4 is 11.6 Å². The average Bonchev–Trinajstić information content (AvgIpc) is 1.86. The van der Waals surface area contributed by atoms with E-state index in [-0.39, 0.29) is 0 Å². The third-order valence-corrected chi connectivity index (χ3v) is 2.98. The number of halogens is 1. The Balaban J connectivity index is 3.80. The monoisotopic (exact) mass is 148 g/mol. The van der Waals surface area contributed by atoms with Gasteiger partial charge >= 0.3 is 0 Å². The van der Waals surface area contributed by atoms with Crippen molar-refractivity contribution in [3.8, 4) is 0 Å². The lowest BCUT2D eigenvalue weighted by Crippen LogP contribution is -2.22. The van der Waals surface area contributed by atoms with Crippen molar-refractivity contribution in [1.82, 2.24) is 0 Å². The molecule has 0 aliphatic rings. The highest BCUT2D eigenvalue weighted by Crippen LogP contribution is 2.29. The Morgan fingerprint density at radius 3 is 2.00 bits per heavy atom. The molecule has 0 aromatic carbocycles. The molecule has 0 fully saturated rings. The second kappa shape index (κ2) is 3.46. The molecule has 0 aliphatic heterocycles. The summed E-state index contributed by atoms with van der Waals surface area (Å²) in [5.41, 5.74) is 0.316. The van der Waals surface area contributed by atoms with Gasteiger partial charge in [0.25, 0.3) is 0 Å². The molecule has 0 heterocycles. The number of hydrogen-bond acceptors (Lipinski definition) is 0. The second-order valence-electron chi connectivity index (χ2n) is 3.43. The average molecular weight is 149 g/mol. The van der Waals surface area contributed by atoms with Crippen LogP contribution >= 0.6 is 11.6 Å². The van der Waals surface area contributed by atoms with Crippen molar-refractivity contribution in [3.63, 3.8) is 0 Å². The van der Waals surface area contributed by atoms with Crippen LogP contribution in [0.15, 0.2) is 0 Å². The van der Waals surface area contributed by atoms with Gasteiger partial charge in [0.05, 0.1) is 0 Å². The topological polar surface area (TPSA) is 0 Å². The molecule has 0 aromatic heterocycles. The maximum absolute atomic E-state index is 5.77. The molecule has 0 spiro atoms. The van der Waals surface area contributed by atoms with Gasteiger partial charge in [0, 0.05) is 5.88 Å². The predicted octanol–water partition coefficient (Wildman–Crippen LogP) is 3.30. The standard InChI is InChI=1S/C8H17Cl/c1-5-7(2)8(3,4)6-9/h7H,5-6H2,1-4H3. The molecule has 1 unspecified atom stereocenters. The molecule has 9 heavy (non-hydrogen) atoms. The van der Waals surface area contributed by atoms with E-state index in [1.165, 1.54) is 6.42 Å². The molecule has 0 saturated heterocycles. The zero-order chi connectivity index (χ0) is 7.49. The van der Waals surface area contributed by atoms with E-state index >= 15 is 0 Å². The molecule has 0 aromatic rings. The van der Waals surface area contributed by atoms with Gasteiger partial charge in [-0.3, -0.25) is 0 Å². The Kier molecular flexibility index (Phi) is 3.57. The summed E-state index contributed by atoms with van der Waals surface area (Å²) in [6.07, 6.45) is 1.22. The minimum atomic E-state index is 0.316. The number of hydrogen-bond donors (Lipinski definition) is 0. The van der Waals surface area contributed by atoms with Gasteiger partial charge in [-0.1, -0.05) is 34.1 Å². The molecule has 0 bridgehead atoms. The minimum absolute atomic E-state index is 0.316.